The molecule has 0 N–H and O–H groups in total. The number of quaternary nitrogens is 1. The fourth-order valence-electron chi connectivity index (χ4n) is 5.58. The van der Waals surface area contributed by atoms with E-state index in [0.29, 0.717) is 22.3 Å². The van der Waals surface area contributed by atoms with E-state index in [1.165, 1.54) is 17.7 Å². The van der Waals surface area contributed by atoms with Gasteiger partial charge in [0.1, 0.15) is 12.0 Å². The van der Waals surface area contributed by atoms with E-state index in [1.807, 2.05) is 46.5 Å². The van der Waals surface area contributed by atoms with Gasteiger partial charge in [-0.1, -0.05) is 0 Å². The lowest BCUT2D eigenvalue weighted by Gasteiger charge is -2.41. The first-order valence-corrected chi connectivity index (χ1v) is 12.9. The van der Waals surface area contributed by atoms with Gasteiger partial charge in [-0.15, -0.1) is 0 Å². The first kappa shape index (κ1) is 25.2. The number of pyridine rings is 2. The summed E-state index contributed by atoms with van der Waals surface area (Å²) in [6.07, 6.45) is 7.92. The fraction of sp³-hybridized carbons (Fsp3) is 0.367. The molecule has 1 fully saturated rings. The van der Waals surface area contributed by atoms with Gasteiger partial charge in [0.2, 0.25) is 5.78 Å². The molecule has 2 aliphatic rings. The molecule has 1 saturated heterocycles. The molecule has 192 valence electrons. The molecule has 5 rings (SSSR count). The lowest BCUT2D eigenvalue weighted by Crippen LogP contribution is -2.49. The van der Waals surface area contributed by atoms with Crippen molar-refractivity contribution in [1.29, 1.82) is 0 Å². The summed E-state index contributed by atoms with van der Waals surface area (Å²) >= 11 is 0. The quantitative estimate of drug-likeness (QED) is 0.444. The second-order valence-electron chi connectivity index (χ2n) is 10.8. The molecule has 1 aromatic carbocycles. The lowest BCUT2D eigenvalue weighted by molar-refractivity contribution is 0.0998. The monoisotopic (exact) mass is 500 g/mol. The molecular weight excluding hydrogens is 465 g/mol. The molecule has 2 aromatic heterocycles. The third-order valence-corrected chi connectivity index (χ3v) is 7.49. The van der Waals surface area contributed by atoms with Crippen LogP contribution in [0.5, 0.6) is 0 Å². The van der Waals surface area contributed by atoms with Crippen molar-refractivity contribution < 1.29 is 9.18 Å². The molecular formula is C30H35FN5O+. The number of rotatable bonds is 6. The molecule has 6 nitrogen and oxygen atoms in total. The molecule has 0 amide bonds. The zero-order valence-electron chi connectivity index (χ0n) is 22.1. The number of nitrogens with zero attached hydrogens (tertiary/aromatic N) is 5. The van der Waals surface area contributed by atoms with Crippen molar-refractivity contribution in [3.05, 3.63) is 95.0 Å². The summed E-state index contributed by atoms with van der Waals surface area (Å²) < 4.78 is 14.4. The molecule has 37 heavy (non-hydrogen) atoms. The van der Waals surface area contributed by atoms with Crippen molar-refractivity contribution >= 4 is 17.2 Å². The van der Waals surface area contributed by atoms with Crippen LogP contribution in [0.4, 0.5) is 15.8 Å². The molecule has 7 heteroatoms. The summed E-state index contributed by atoms with van der Waals surface area (Å²) in [6.45, 7) is 7.13. The first-order valence-electron chi connectivity index (χ1n) is 12.9. The largest absolute Gasteiger partial charge is 0.369 e. The van der Waals surface area contributed by atoms with Crippen molar-refractivity contribution in [2.75, 3.05) is 38.6 Å². The highest BCUT2D eigenvalue weighted by Gasteiger charge is 2.36. The molecule has 4 heterocycles. The average molecular weight is 501 g/mol. The first-order chi connectivity index (χ1) is 17.7. The maximum Gasteiger partial charge on any atom is 0.201 e. The van der Waals surface area contributed by atoms with Crippen LogP contribution in [0.3, 0.4) is 0 Å². The van der Waals surface area contributed by atoms with Gasteiger partial charge in [0.05, 0.1) is 37.1 Å². The van der Waals surface area contributed by atoms with Gasteiger partial charge >= 0.3 is 0 Å². The van der Waals surface area contributed by atoms with Gasteiger partial charge in [-0.25, -0.2) is 4.39 Å². The highest BCUT2D eigenvalue weighted by molar-refractivity contribution is 6.13. The average Bonchev–Trinajstić information content (AvgIpc) is 2.87. The smallest absolute Gasteiger partial charge is 0.201 e. The SMILES string of the molecule is Cc1ccc(N2CCC[C@H](N(CC3=C[N+](C)(C)c4cc(F)ccc4C3=O)Cc3ccnc(C)c3)C2)cn1. The van der Waals surface area contributed by atoms with Crippen LogP contribution in [0.25, 0.3) is 0 Å². The highest BCUT2D eigenvalue weighted by Crippen LogP contribution is 2.34. The maximum absolute atomic E-state index is 14.0. The van der Waals surface area contributed by atoms with Gasteiger partial charge in [0, 0.05) is 55.9 Å². The lowest BCUT2D eigenvalue weighted by atomic mass is 9.95. The zero-order chi connectivity index (χ0) is 26.2. The fourth-order valence-corrected chi connectivity index (χ4v) is 5.58. The second-order valence-corrected chi connectivity index (χ2v) is 10.8. The van der Waals surface area contributed by atoms with Crippen LogP contribution in [0.2, 0.25) is 0 Å². The number of Topliss-reactive ketones (excluding diaryl/α,β-unsaturated/α-hetero) is 1. The molecule has 2 aliphatic heterocycles. The van der Waals surface area contributed by atoms with Crippen LogP contribution in [0.15, 0.2) is 66.6 Å². The van der Waals surface area contributed by atoms with Crippen LogP contribution in [-0.4, -0.2) is 60.4 Å². The van der Waals surface area contributed by atoms with Gasteiger partial charge in [0.15, 0.2) is 5.69 Å². The predicted octanol–water partition coefficient (Wildman–Crippen LogP) is 5.05. The Hall–Kier alpha value is -3.42. The number of hydrogen-bond acceptors (Lipinski definition) is 5. The number of carbonyl (C=O) groups excluding carboxylic acids is 1. The van der Waals surface area contributed by atoms with Gasteiger partial charge < -0.3 is 4.90 Å². The highest BCUT2D eigenvalue weighted by atomic mass is 19.1. The normalized spacial score (nSPS) is 19.1. The van der Waals surface area contributed by atoms with Gasteiger partial charge in [0.25, 0.3) is 0 Å². The van der Waals surface area contributed by atoms with E-state index in [1.54, 1.807) is 6.07 Å². The van der Waals surface area contributed by atoms with Gasteiger partial charge in [-0.2, -0.15) is 0 Å². The molecule has 0 aliphatic carbocycles. The minimum Gasteiger partial charge on any atom is -0.369 e. The number of aromatic nitrogens is 2. The molecule has 0 spiro atoms. The Labute approximate surface area is 218 Å². The molecule has 0 saturated carbocycles. The van der Waals surface area contributed by atoms with Gasteiger partial charge in [-0.05, 0) is 68.7 Å². The molecule has 3 aromatic rings. The summed E-state index contributed by atoms with van der Waals surface area (Å²) in [5.41, 5.74) is 6.34. The summed E-state index contributed by atoms with van der Waals surface area (Å²) in [6, 6.07) is 13.1. The Morgan fingerprint density at radius 3 is 2.65 bits per heavy atom. The summed E-state index contributed by atoms with van der Waals surface area (Å²) in [5.74, 6) is -0.337. The number of carbonyl (C=O) groups is 1. The number of aryl methyl sites for hydroxylation is 2. The maximum atomic E-state index is 14.0. The van der Waals surface area contributed by atoms with Crippen LogP contribution in [-0.2, 0) is 6.54 Å². The second kappa shape index (κ2) is 10.1. The predicted molar refractivity (Wildman–Crippen MR) is 146 cm³/mol. The number of ketones is 1. The van der Waals surface area contributed by atoms with E-state index in [-0.39, 0.29) is 17.6 Å². The number of halogens is 1. The van der Waals surface area contributed by atoms with Crippen molar-refractivity contribution in [2.24, 2.45) is 0 Å². The van der Waals surface area contributed by atoms with E-state index in [4.69, 9.17) is 0 Å². The van der Waals surface area contributed by atoms with E-state index in [0.717, 1.165) is 55.1 Å². The number of piperidine rings is 1. The van der Waals surface area contributed by atoms with E-state index in [2.05, 4.69) is 44.0 Å². The van der Waals surface area contributed by atoms with Crippen molar-refractivity contribution in [3.8, 4) is 0 Å². The van der Waals surface area contributed by atoms with E-state index >= 15 is 0 Å². The number of benzene rings is 1. The minimum atomic E-state index is -0.322. The summed E-state index contributed by atoms with van der Waals surface area (Å²) in [5, 5.41) is 0. The summed E-state index contributed by atoms with van der Waals surface area (Å²) in [4.78, 5) is 27.3. The standard InChI is InChI=1S/C30H35FN5O/c1-21-7-9-26(16-33-21)34-13-5-6-27(19-34)35(17-23-11-12-32-22(2)14-23)18-24-20-36(3,4)29-15-25(31)8-10-28(29)30(24)37/h7-12,14-16,20,27H,5-6,13,17-19H2,1-4H3/q+1/t27-/m0/s1. The Morgan fingerprint density at radius 1 is 1.05 bits per heavy atom. The third kappa shape index (κ3) is 5.48. The number of anilines is 1. The van der Waals surface area contributed by atoms with Gasteiger partial charge in [-0.3, -0.25) is 24.1 Å². The van der Waals surface area contributed by atoms with Crippen molar-refractivity contribution in [1.82, 2.24) is 19.4 Å². The van der Waals surface area contributed by atoms with E-state index < -0.39 is 0 Å². The van der Waals surface area contributed by atoms with Crippen molar-refractivity contribution in [3.63, 3.8) is 0 Å². The minimum absolute atomic E-state index is 0.0150. The van der Waals surface area contributed by atoms with Crippen LogP contribution >= 0.6 is 0 Å². The Kier molecular flexibility index (Phi) is 6.92. The molecule has 0 radical (unpaired) electrons. The molecule has 1 atom stereocenters. The zero-order valence-corrected chi connectivity index (χ0v) is 22.1. The Balaban J connectivity index is 1.45. The van der Waals surface area contributed by atoms with E-state index in [9.17, 15) is 9.18 Å². The molecule has 0 unspecified atom stereocenters. The third-order valence-electron chi connectivity index (χ3n) is 7.49. The Bertz CT molecular complexity index is 1330. The topological polar surface area (TPSA) is 49.3 Å². The number of fused-ring (bicyclic) bond motifs is 1. The van der Waals surface area contributed by atoms with Crippen LogP contribution in [0, 0.1) is 19.7 Å². The molecule has 0 bridgehead atoms. The number of hydrogen-bond donors (Lipinski definition) is 0. The summed E-state index contributed by atoms with van der Waals surface area (Å²) in [7, 11) is 3.99. The Morgan fingerprint density at radius 2 is 1.89 bits per heavy atom. The van der Waals surface area contributed by atoms with Crippen molar-refractivity contribution in [2.45, 2.75) is 39.3 Å². The van der Waals surface area contributed by atoms with Crippen LogP contribution in [0.1, 0.15) is 40.2 Å². The van der Waals surface area contributed by atoms with Crippen LogP contribution < -0.4 is 9.38 Å².